The number of ether oxygens (including phenoxy) is 2. The molecule has 1 N–H and O–H groups in total. The second kappa shape index (κ2) is 7.86. The lowest BCUT2D eigenvalue weighted by molar-refractivity contribution is -0.127. The quantitative estimate of drug-likeness (QED) is 0.635. The number of hydrogen-bond acceptors (Lipinski definition) is 4. The molecule has 0 saturated carbocycles. The summed E-state index contributed by atoms with van der Waals surface area (Å²) in [5.41, 5.74) is 0.886. The van der Waals surface area contributed by atoms with E-state index in [4.69, 9.17) is 9.47 Å². The van der Waals surface area contributed by atoms with Crippen LogP contribution in [0.4, 0.5) is 0 Å². The Bertz CT molecular complexity index is 642. The van der Waals surface area contributed by atoms with Crippen LogP contribution in [0.1, 0.15) is 24.8 Å². The van der Waals surface area contributed by atoms with Crippen molar-refractivity contribution in [1.82, 2.24) is 10.2 Å². The second-order valence-electron chi connectivity index (χ2n) is 5.87. The van der Waals surface area contributed by atoms with Gasteiger partial charge in [0.15, 0.2) is 11.5 Å². The van der Waals surface area contributed by atoms with Gasteiger partial charge in [-0.3, -0.25) is 9.59 Å². The van der Waals surface area contributed by atoms with E-state index in [1.165, 1.54) is 6.08 Å². The van der Waals surface area contributed by atoms with Gasteiger partial charge in [-0.15, -0.1) is 0 Å². The number of hydrogen-bond donors (Lipinski definition) is 1. The van der Waals surface area contributed by atoms with Gasteiger partial charge < -0.3 is 19.7 Å². The van der Waals surface area contributed by atoms with Crippen LogP contribution in [0.3, 0.4) is 0 Å². The molecular weight excluding hydrogens is 308 g/mol. The number of rotatable bonds is 6. The molecule has 0 spiro atoms. The predicted octanol–water partition coefficient (Wildman–Crippen LogP) is 1.60. The molecular formula is C18H22N2O4. The third-order valence-electron chi connectivity index (χ3n) is 4.07. The Kier molecular flexibility index (Phi) is 5.36. The molecule has 2 amide bonds. The van der Waals surface area contributed by atoms with E-state index in [0.29, 0.717) is 38.5 Å². The van der Waals surface area contributed by atoms with Crippen molar-refractivity contribution in [3.05, 3.63) is 29.8 Å². The summed E-state index contributed by atoms with van der Waals surface area (Å²) in [7, 11) is 0. The van der Waals surface area contributed by atoms with Crippen LogP contribution in [0.2, 0.25) is 0 Å². The van der Waals surface area contributed by atoms with E-state index in [2.05, 4.69) is 5.32 Å². The molecule has 1 fully saturated rings. The first-order chi connectivity index (χ1) is 11.7. The Hall–Kier alpha value is -2.50. The van der Waals surface area contributed by atoms with Gasteiger partial charge in [0.2, 0.25) is 11.8 Å². The van der Waals surface area contributed by atoms with Crippen molar-refractivity contribution in [2.24, 2.45) is 0 Å². The first-order valence-electron chi connectivity index (χ1n) is 8.36. The average Bonchev–Trinajstić information content (AvgIpc) is 3.02. The second-order valence-corrected chi connectivity index (χ2v) is 5.87. The van der Waals surface area contributed by atoms with E-state index in [1.807, 2.05) is 23.1 Å². The topological polar surface area (TPSA) is 67.9 Å². The summed E-state index contributed by atoms with van der Waals surface area (Å²) in [5, 5.41) is 2.83. The molecule has 0 bridgehead atoms. The van der Waals surface area contributed by atoms with Gasteiger partial charge in [0.05, 0.1) is 0 Å². The summed E-state index contributed by atoms with van der Waals surface area (Å²) < 4.78 is 11.0. The third-order valence-corrected chi connectivity index (χ3v) is 4.07. The van der Waals surface area contributed by atoms with Gasteiger partial charge in [-0.05, 0) is 36.6 Å². The van der Waals surface area contributed by atoms with E-state index >= 15 is 0 Å². The van der Waals surface area contributed by atoms with Crippen LogP contribution in [0.25, 0.3) is 6.08 Å². The van der Waals surface area contributed by atoms with Gasteiger partial charge in [-0.2, -0.15) is 0 Å². The molecule has 24 heavy (non-hydrogen) atoms. The Morgan fingerprint density at radius 3 is 2.88 bits per heavy atom. The van der Waals surface area contributed by atoms with Crippen molar-refractivity contribution in [3.8, 4) is 11.5 Å². The molecule has 1 saturated heterocycles. The lowest BCUT2D eigenvalue weighted by Crippen LogP contribution is -2.29. The standard InChI is InChI=1S/C18H22N2O4/c21-17(19-8-2-10-20-9-1-3-18(20)22)7-5-14-4-6-15-16(13-14)24-12-11-23-15/h4-7,13H,1-3,8-12H2,(H,19,21)/b7-5+. The predicted molar refractivity (Wildman–Crippen MR) is 89.9 cm³/mol. The number of fused-ring (bicyclic) bond motifs is 1. The van der Waals surface area contributed by atoms with Crippen LogP contribution >= 0.6 is 0 Å². The van der Waals surface area contributed by atoms with Crippen molar-refractivity contribution < 1.29 is 19.1 Å². The van der Waals surface area contributed by atoms with Crippen molar-refractivity contribution in [3.63, 3.8) is 0 Å². The van der Waals surface area contributed by atoms with Gasteiger partial charge in [-0.25, -0.2) is 0 Å². The summed E-state index contributed by atoms with van der Waals surface area (Å²) in [6.45, 7) is 3.23. The molecule has 1 aromatic carbocycles. The molecule has 6 nitrogen and oxygen atoms in total. The van der Waals surface area contributed by atoms with E-state index in [-0.39, 0.29) is 11.8 Å². The molecule has 1 aromatic rings. The summed E-state index contributed by atoms with van der Waals surface area (Å²) >= 11 is 0. The Labute approximate surface area is 141 Å². The molecule has 0 aliphatic carbocycles. The zero-order valence-electron chi connectivity index (χ0n) is 13.6. The molecule has 0 unspecified atom stereocenters. The lowest BCUT2D eigenvalue weighted by Gasteiger charge is -2.18. The fourth-order valence-corrected chi connectivity index (χ4v) is 2.82. The number of likely N-dealkylation sites (tertiary alicyclic amines) is 1. The normalized spacial score (nSPS) is 16.7. The van der Waals surface area contributed by atoms with Crippen molar-refractivity contribution in [2.45, 2.75) is 19.3 Å². The number of benzene rings is 1. The highest BCUT2D eigenvalue weighted by molar-refractivity contribution is 5.91. The summed E-state index contributed by atoms with van der Waals surface area (Å²) in [6, 6.07) is 5.59. The molecule has 2 aliphatic rings. The van der Waals surface area contributed by atoms with Crippen LogP contribution in [-0.2, 0) is 9.59 Å². The maximum atomic E-state index is 11.8. The first-order valence-corrected chi connectivity index (χ1v) is 8.36. The fourth-order valence-electron chi connectivity index (χ4n) is 2.82. The molecule has 2 heterocycles. The van der Waals surface area contributed by atoms with Crippen LogP contribution in [0, 0.1) is 0 Å². The Morgan fingerprint density at radius 2 is 2.08 bits per heavy atom. The highest BCUT2D eigenvalue weighted by Crippen LogP contribution is 2.31. The first kappa shape index (κ1) is 16.4. The Morgan fingerprint density at radius 1 is 1.25 bits per heavy atom. The maximum absolute atomic E-state index is 11.8. The summed E-state index contributed by atoms with van der Waals surface area (Å²) in [6.07, 6.45) is 5.63. The molecule has 2 aliphatic heterocycles. The monoisotopic (exact) mass is 330 g/mol. The molecule has 3 rings (SSSR count). The SMILES string of the molecule is O=C(/C=C/c1ccc2c(c1)OCCO2)NCCCN1CCCC1=O. The van der Waals surface area contributed by atoms with E-state index in [9.17, 15) is 9.59 Å². The zero-order valence-corrected chi connectivity index (χ0v) is 13.6. The summed E-state index contributed by atoms with van der Waals surface area (Å²) in [5.74, 6) is 1.52. The number of carbonyl (C=O) groups is 2. The molecule has 0 aromatic heterocycles. The van der Waals surface area contributed by atoms with E-state index in [0.717, 1.165) is 30.7 Å². The van der Waals surface area contributed by atoms with Gasteiger partial charge in [0.1, 0.15) is 13.2 Å². The highest BCUT2D eigenvalue weighted by Gasteiger charge is 2.18. The zero-order chi connectivity index (χ0) is 16.8. The smallest absolute Gasteiger partial charge is 0.244 e. The maximum Gasteiger partial charge on any atom is 0.244 e. The summed E-state index contributed by atoms with van der Waals surface area (Å²) in [4.78, 5) is 25.2. The molecule has 0 radical (unpaired) electrons. The molecule has 6 heteroatoms. The van der Waals surface area contributed by atoms with Gasteiger partial charge >= 0.3 is 0 Å². The molecule has 0 atom stereocenters. The highest BCUT2D eigenvalue weighted by atomic mass is 16.6. The number of nitrogens with zero attached hydrogens (tertiary/aromatic N) is 1. The van der Waals surface area contributed by atoms with Crippen LogP contribution in [-0.4, -0.2) is 49.6 Å². The number of amides is 2. The lowest BCUT2D eigenvalue weighted by atomic mass is 10.2. The minimum absolute atomic E-state index is 0.141. The van der Waals surface area contributed by atoms with Gasteiger partial charge in [0.25, 0.3) is 0 Å². The fraction of sp³-hybridized carbons (Fsp3) is 0.444. The van der Waals surface area contributed by atoms with E-state index < -0.39 is 0 Å². The minimum Gasteiger partial charge on any atom is -0.486 e. The third kappa shape index (κ3) is 4.28. The Balaban J connectivity index is 1.41. The van der Waals surface area contributed by atoms with Gasteiger partial charge in [0, 0.05) is 32.1 Å². The van der Waals surface area contributed by atoms with Crippen LogP contribution < -0.4 is 14.8 Å². The average molecular weight is 330 g/mol. The number of carbonyl (C=O) groups excluding carboxylic acids is 2. The molecule has 128 valence electrons. The van der Waals surface area contributed by atoms with Crippen molar-refractivity contribution in [2.75, 3.05) is 32.8 Å². The largest absolute Gasteiger partial charge is 0.486 e. The van der Waals surface area contributed by atoms with E-state index in [1.54, 1.807) is 6.08 Å². The van der Waals surface area contributed by atoms with Crippen LogP contribution in [0.15, 0.2) is 24.3 Å². The van der Waals surface area contributed by atoms with Crippen molar-refractivity contribution in [1.29, 1.82) is 0 Å². The minimum atomic E-state index is -0.141. The van der Waals surface area contributed by atoms with Gasteiger partial charge in [-0.1, -0.05) is 6.07 Å². The number of nitrogens with one attached hydrogen (secondary N) is 1. The van der Waals surface area contributed by atoms with Crippen molar-refractivity contribution >= 4 is 17.9 Å². The van der Waals surface area contributed by atoms with Crippen LogP contribution in [0.5, 0.6) is 11.5 Å².